The second kappa shape index (κ2) is 10.8. The van der Waals surface area contributed by atoms with Crippen molar-refractivity contribution in [2.45, 2.75) is 20.5 Å². The van der Waals surface area contributed by atoms with Crippen LogP contribution in [0.5, 0.6) is 5.75 Å². The van der Waals surface area contributed by atoms with E-state index >= 15 is 0 Å². The van der Waals surface area contributed by atoms with E-state index in [-0.39, 0.29) is 6.54 Å². The van der Waals surface area contributed by atoms with Crippen molar-refractivity contribution in [3.8, 4) is 5.75 Å². The molecule has 33 heavy (non-hydrogen) atoms. The molecule has 0 aromatic heterocycles. The Morgan fingerprint density at radius 3 is 2.30 bits per heavy atom. The molecule has 1 amide bonds. The zero-order valence-electron chi connectivity index (χ0n) is 18.9. The Labute approximate surface area is 194 Å². The van der Waals surface area contributed by atoms with Gasteiger partial charge in [0.25, 0.3) is 5.91 Å². The number of ether oxygens (including phenoxy) is 1. The van der Waals surface area contributed by atoms with E-state index in [2.05, 4.69) is 10.5 Å². The Bertz CT molecular complexity index is 1220. The molecule has 3 aromatic rings. The molecule has 0 aliphatic rings. The third-order valence-electron chi connectivity index (χ3n) is 4.88. The first kappa shape index (κ1) is 24.0. The van der Waals surface area contributed by atoms with Crippen LogP contribution in [0.25, 0.3) is 0 Å². The number of nitrogens with one attached hydrogen (secondary N) is 1. The summed E-state index contributed by atoms with van der Waals surface area (Å²) in [5.41, 5.74) is 6.64. The van der Waals surface area contributed by atoms with Crippen molar-refractivity contribution in [1.82, 2.24) is 5.43 Å². The van der Waals surface area contributed by atoms with Gasteiger partial charge < -0.3 is 4.74 Å². The maximum absolute atomic E-state index is 12.3. The molecule has 0 aliphatic heterocycles. The number of hydrogen-bond acceptors (Lipinski definition) is 5. The van der Waals surface area contributed by atoms with Gasteiger partial charge in [0.15, 0.2) is 0 Å². The van der Waals surface area contributed by atoms with Crippen LogP contribution in [0.4, 0.5) is 5.69 Å². The van der Waals surface area contributed by atoms with Crippen molar-refractivity contribution in [3.05, 3.63) is 95.1 Å². The highest BCUT2D eigenvalue weighted by Crippen LogP contribution is 2.21. The molecule has 0 bridgehead atoms. The lowest BCUT2D eigenvalue weighted by Crippen LogP contribution is -2.39. The molecule has 7 nitrogen and oxygen atoms in total. The Balaban J connectivity index is 1.55. The number of nitrogens with zero attached hydrogens (tertiary/aromatic N) is 2. The van der Waals surface area contributed by atoms with Gasteiger partial charge in [0.1, 0.15) is 18.9 Å². The fourth-order valence-electron chi connectivity index (χ4n) is 3.07. The van der Waals surface area contributed by atoms with Gasteiger partial charge in [-0.1, -0.05) is 48.0 Å². The Morgan fingerprint density at radius 2 is 1.67 bits per heavy atom. The number of para-hydroxylation sites is 1. The average Bonchev–Trinajstić information content (AvgIpc) is 2.78. The van der Waals surface area contributed by atoms with Crippen molar-refractivity contribution >= 4 is 27.8 Å². The number of carbonyl (C=O) groups excluding carboxylic acids is 1. The smallest absolute Gasteiger partial charge is 0.260 e. The van der Waals surface area contributed by atoms with Crippen LogP contribution in [-0.2, 0) is 21.4 Å². The van der Waals surface area contributed by atoms with Crippen LogP contribution in [0, 0.1) is 13.8 Å². The number of amides is 1. The van der Waals surface area contributed by atoms with Gasteiger partial charge in [-0.3, -0.25) is 9.10 Å². The zero-order chi connectivity index (χ0) is 23.8. The standard InChI is InChI=1S/C25H27N3O4S/c1-19-8-10-22(11-9-19)18-32-23-14-12-21(13-15-23)16-26-27-25(29)17-28(33(3,30)31)24-7-5-4-6-20(24)2/h4-16H,17-18H2,1-3H3,(H,27,29)/b26-16-. The normalized spacial score (nSPS) is 11.4. The van der Waals surface area contributed by atoms with Crippen molar-refractivity contribution in [2.24, 2.45) is 5.10 Å². The molecule has 0 aliphatic carbocycles. The predicted molar refractivity (Wildman–Crippen MR) is 131 cm³/mol. The molecule has 0 atom stereocenters. The van der Waals surface area contributed by atoms with E-state index in [4.69, 9.17) is 4.74 Å². The van der Waals surface area contributed by atoms with Crippen molar-refractivity contribution in [2.75, 3.05) is 17.1 Å². The molecular formula is C25H27N3O4S. The number of sulfonamides is 1. The highest BCUT2D eigenvalue weighted by molar-refractivity contribution is 7.92. The summed E-state index contributed by atoms with van der Waals surface area (Å²) in [6, 6.07) is 22.4. The number of benzene rings is 3. The maximum atomic E-state index is 12.3. The summed E-state index contributed by atoms with van der Waals surface area (Å²) in [6.07, 6.45) is 2.55. The van der Waals surface area contributed by atoms with Crippen LogP contribution >= 0.6 is 0 Å². The number of hydrogen-bond donors (Lipinski definition) is 1. The van der Waals surface area contributed by atoms with Gasteiger partial charge in [-0.05, 0) is 60.9 Å². The zero-order valence-corrected chi connectivity index (χ0v) is 19.7. The van der Waals surface area contributed by atoms with Gasteiger partial charge >= 0.3 is 0 Å². The minimum atomic E-state index is -3.64. The second-order valence-electron chi connectivity index (χ2n) is 7.69. The van der Waals surface area contributed by atoms with Crippen LogP contribution in [0.3, 0.4) is 0 Å². The van der Waals surface area contributed by atoms with Gasteiger partial charge in [-0.15, -0.1) is 0 Å². The molecule has 1 N–H and O–H groups in total. The Morgan fingerprint density at radius 1 is 1.00 bits per heavy atom. The Hall–Kier alpha value is -3.65. The molecule has 0 saturated carbocycles. The number of aryl methyl sites for hydroxylation is 2. The minimum Gasteiger partial charge on any atom is -0.489 e. The fourth-order valence-corrected chi connectivity index (χ4v) is 3.98. The highest BCUT2D eigenvalue weighted by atomic mass is 32.2. The summed E-state index contributed by atoms with van der Waals surface area (Å²) in [5, 5.41) is 3.94. The van der Waals surface area contributed by atoms with Crippen LogP contribution in [0.15, 0.2) is 77.9 Å². The lowest BCUT2D eigenvalue weighted by atomic mass is 10.2. The van der Waals surface area contributed by atoms with E-state index in [9.17, 15) is 13.2 Å². The van der Waals surface area contributed by atoms with Gasteiger partial charge in [0, 0.05) is 0 Å². The summed E-state index contributed by atoms with van der Waals surface area (Å²) >= 11 is 0. The molecule has 0 saturated heterocycles. The third kappa shape index (κ3) is 7.18. The molecule has 0 heterocycles. The van der Waals surface area contributed by atoms with E-state index in [1.165, 1.54) is 11.8 Å². The molecule has 8 heteroatoms. The first-order valence-electron chi connectivity index (χ1n) is 10.4. The monoisotopic (exact) mass is 465 g/mol. The lowest BCUT2D eigenvalue weighted by Gasteiger charge is -2.23. The molecule has 172 valence electrons. The number of rotatable bonds is 9. The van der Waals surface area contributed by atoms with Crippen LogP contribution in [0.2, 0.25) is 0 Å². The number of hydrazone groups is 1. The number of carbonyl (C=O) groups is 1. The van der Waals surface area contributed by atoms with Crippen molar-refractivity contribution in [1.29, 1.82) is 0 Å². The summed E-state index contributed by atoms with van der Waals surface area (Å²) in [4.78, 5) is 12.3. The first-order chi connectivity index (χ1) is 15.7. The lowest BCUT2D eigenvalue weighted by molar-refractivity contribution is -0.119. The molecule has 3 aromatic carbocycles. The van der Waals surface area contributed by atoms with Crippen LogP contribution < -0.4 is 14.5 Å². The maximum Gasteiger partial charge on any atom is 0.260 e. The first-order valence-corrected chi connectivity index (χ1v) is 12.2. The van der Waals surface area contributed by atoms with Crippen LogP contribution in [-0.4, -0.2) is 33.3 Å². The quantitative estimate of drug-likeness (QED) is 0.385. The summed E-state index contributed by atoms with van der Waals surface area (Å²) in [6.45, 7) is 3.94. The fraction of sp³-hybridized carbons (Fsp3) is 0.200. The van der Waals surface area contributed by atoms with Gasteiger partial charge in [0.05, 0.1) is 18.2 Å². The molecule has 0 fully saturated rings. The molecule has 0 unspecified atom stereocenters. The Kier molecular flexibility index (Phi) is 7.84. The van der Waals surface area contributed by atoms with E-state index in [1.54, 1.807) is 25.1 Å². The molecule has 3 rings (SSSR count). The summed E-state index contributed by atoms with van der Waals surface area (Å²) in [7, 11) is -3.64. The minimum absolute atomic E-state index is 0.368. The summed E-state index contributed by atoms with van der Waals surface area (Å²) in [5.74, 6) is 0.178. The predicted octanol–water partition coefficient (Wildman–Crippen LogP) is 3.80. The van der Waals surface area contributed by atoms with E-state index in [0.717, 1.165) is 33.0 Å². The highest BCUT2D eigenvalue weighted by Gasteiger charge is 2.21. The van der Waals surface area contributed by atoms with E-state index < -0.39 is 15.9 Å². The number of anilines is 1. The topological polar surface area (TPSA) is 88.1 Å². The van der Waals surface area contributed by atoms with Crippen molar-refractivity contribution < 1.29 is 17.9 Å². The molecule has 0 radical (unpaired) electrons. The van der Waals surface area contributed by atoms with E-state index in [0.29, 0.717) is 12.3 Å². The second-order valence-corrected chi connectivity index (χ2v) is 9.60. The van der Waals surface area contributed by atoms with Gasteiger partial charge in [-0.2, -0.15) is 5.10 Å². The average molecular weight is 466 g/mol. The SMILES string of the molecule is Cc1ccc(COc2ccc(/C=N\NC(=O)CN(c3ccccc3C)S(C)(=O)=O)cc2)cc1. The largest absolute Gasteiger partial charge is 0.489 e. The molecule has 0 spiro atoms. The van der Waals surface area contributed by atoms with Crippen LogP contribution in [0.1, 0.15) is 22.3 Å². The van der Waals surface area contributed by atoms with Crippen molar-refractivity contribution in [3.63, 3.8) is 0 Å². The van der Waals surface area contributed by atoms with Gasteiger partial charge in [-0.25, -0.2) is 13.8 Å². The summed E-state index contributed by atoms with van der Waals surface area (Å²) < 4.78 is 31.2. The third-order valence-corrected chi connectivity index (χ3v) is 6.01. The molecular weight excluding hydrogens is 438 g/mol. The van der Waals surface area contributed by atoms with Gasteiger partial charge in [0.2, 0.25) is 10.0 Å². The van der Waals surface area contributed by atoms with E-state index in [1.807, 2.05) is 61.5 Å².